The van der Waals surface area contributed by atoms with E-state index in [1.807, 2.05) is 48.5 Å². The van der Waals surface area contributed by atoms with Crippen molar-refractivity contribution in [2.24, 2.45) is 0 Å². The Hall–Kier alpha value is -3.65. The Bertz CT molecular complexity index is 1150. The highest BCUT2D eigenvalue weighted by Gasteiger charge is 2.26. The largest absolute Gasteiger partial charge is 0.467 e. The third kappa shape index (κ3) is 6.68. The number of carbonyl (C=O) groups excluding carboxylic acids is 3. The molecule has 180 valence electrons. The number of nitrogens with one attached hydrogen (secondary N) is 1. The van der Waals surface area contributed by atoms with Gasteiger partial charge >= 0.3 is 12.1 Å². The van der Waals surface area contributed by atoms with E-state index in [4.69, 9.17) is 14.2 Å². The molecule has 1 N–H and O–H groups in total. The monoisotopic (exact) mass is 466 g/mol. The van der Waals surface area contributed by atoms with Crippen LogP contribution in [0.4, 0.5) is 4.79 Å². The van der Waals surface area contributed by atoms with E-state index in [0.29, 0.717) is 11.1 Å². The first kappa shape index (κ1) is 25.0. The summed E-state index contributed by atoms with van der Waals surface area (Å²) in [4.78, 5) is 37.6. The van der Waals surface area contributed by atoms with Gasteiger partial charge < -0.3 is 19.5 Å². The van der Waals surface area contributed by atoms with Crippen molar-refractivity contribution >= 4 is 28.9 Å². The van der Waals surface area contributed by atoms with Gasteiger partial charge in [-0.15, -0.1) is 0 Å². The van der Waals surface area contributed by atoms with Gasteiger partial charge in [-0.25, -0.2) is 9.59 Å². The maximum absolute atomic E-state index is 12.7. The first-order chi connectivity index (χ1) is 16.2. The van der Waals surface area contributed by atoms with Crippen LogP contribution in [-0.2, 0) is 36.8 Å². The Balaban J connectivity index is 1.74. The van der Waals surface area contributed by atoms with E-state index in [9.17, 15) is 14.4 Å². The van der Waals surface area contributed by atoms with Crippen LogP contribution < -0.4 is 5.32 Å². The van der Waals surface area contributed by atoms with Crippen LogP contribution in [0.3, 0.4) is 0 Å². The minimum absolute atomic E-state index is 0.132. The minimum Gasteiger partial charge on any atom is -0.467 e. The number of benzene rings is 2. The number of para-hydroxylation sites is 1. The molecule has 0 spiro atoms. The summed E-state index contributed by atoms with van der Waals surface area (Å²) in [5.41, 5.74) is 1.62. The molecule has 8 nitrogen and oxygen atoms in total. The van der Waals surface area contributed by atoms with Crippen LogP contribution in [0.5, 0.6) is 0 Å². The highest BCUT2D eigenvalue weighted by molar-refractivity contribution is 5.93. The summed E-state index contributed by atoms with van der Waals surface area (Å²) in [5, 5.41) is 3.45. The molecule has 3 rings (SSSR count). The lowest BCUT2D eigenvalue weighted by Gasteiger charge is -2.19. The predicted octanol–water partition coefficient (Wildman–Crippen LogP) is 3.84. The number of ether oxygens (including phenoxy) is 3. The van der Waals surface area contributed by atoms with Crippen molar-refractivity contribution in [3.8, 4) is 0 Å². The van der Waals surface area contributed by atoms with E-state index < -0.39 is 29.6 Å². The smallest absolute Gasteiger partial charge is 0.419 e. The summed E-state index contributed by atoms with van der Waals surface area (Å²) in [6.45, 7) is 5.45. The molecule has 0 aliphatic rings. The topological polar surface area (TPSA) is 95.9 Å². The minimum atomic E-state index is -0.948. The summed E-state index contributed by atoms with van der Waals surface area (Å²) < 4.78 is 17.3. The number of carbonyl (C=O) groups is 3. The Morgan fingerprint density at radius 1 is 1.00 bits per heavy atom. The molecule has 0 aliphatic carbocycles. The molecule has 0 unspecified atom stereocenters. The molecule has 0 aliphatic heterocycles. The van der Waals surface area contributed by atoms with Crippen LogP contribution >= 0.6 is 0 Å². The third-order valence-electron chi connectivity index (χ3n) is 4.97. The number of amides is 1. The average Bonchev–Trinajstić information content (AvgIpc) is 3.16. The molecular weight excluding hydrogens is 436 g/mol. The van der Waals surface area contributed by atoms with Gasteiger partial charge in [0.05, 0.1) is 19.2 Å². The molecule has 1 amide bonds. The normalized spacial score (nSPS) is 12.2. The van der Waals surface area contributed by atoms with Gasteiger partial charge in [0.1, 0.15) is 18.2 Å². The van der Waals surface area contributed by atoms with Crippen LogP contribution in [0.15, 0.2) is 60.8 Å². The summed E-state index contributed by atoms with van der Waals surface area (Å²) in [7, 11) is 1.26. The fraction of sp³-hybridized carbons (Fsp3) is 0.346. The Kier molecular flexibility index (Phi) is 8.07. The van der Waals surface area contributed by atoms with Crippen molar-refractivity contribution in [1.29, 1.82) is 0 Å². The Morgan fingerprint density at radius 3 is 2.35 bits per heavy atom. The summed E-state index contributed by atoms with van der Waals surface area (Å²) in [6.07, 6.45) is 1.24. The number of methoxy groups -OCH3 is 1. The van der Waals surface area contributed by atoms with Crippen LogP contribution in [0.25, 0.3) is 10.9 Å². The zero-order chi connectivity index (χ0) is 24.7. The molecule has 0 saturated carbocycles. The summed E-state index contributed by atoms with van der Waals surface area (Å²) >= 11 is 0. The van der Waals surface area contributed by atoms with Crippen LogP contribution in [0, 0.1) is 0 Å². The third-order valence-corrected chi connectivity index (χ3v) is 4.97. The number of hydrogen-bond acceptors (Lipinski definition) is 6. The second-order valence-electron chi connectivity index (χ2n) is 8.85. The molecule has 34 heavy (non-hydrogen) atoms. The zero-order valence-electron chi connectivity index (χ0n) is 19.9. The van der Waals surface area contributed by atoms with Gasteiger partial charge in [0.25, 0.3) is 0 Å². The van der Waals surface area contributed by atoms with E-state index in [2.05, 4.69) is 5.32 Å². The number of aromatic nitrogens is 1. The molecule has 0 radical (unpaired) electrons. The average molecular weight is 467 g/mol. The quantitative estimate of drug-likeness (QED) is 0.507. The van der Waals surface area contributed by atoms with Gasteiger partial charge in [-0.05, 0) is 38.0 Å². The van der Waals surface area contributed by atoms with Crippen molar-refractivity contribution in [2.75, 3.05) is 13.7 Å². The standard InChI is InChI=1S/C26H30N2O6/c1-26(2,3)34-25(31)28-15-19(20-12-8-9-13-22(20)28)14-21(24(30)32-4)27-23(29)17-33-16-18-10-6-5-7-11-18/h5-13,15,21H,14,16-17H2,1-4H3,(H,27,29)/t21-/m1/s1. The van der Waals surface area contributed by atoms with Gasteiger partial charge in [0.2, 0.25) is 5.91 Å². The van der Waals surface area contributed by atoms with E-state index in [1.165, 1.54) is 11.7 Å². The Labute approximate surface area is 198 Å². The van der Waals surface area contributed by atoms with Gasteiger partial charge in [-0.3, -0.25) is 9.36 Å². The van der Waals surface area contributed by atoms with Gasteiger partial charge in [0, 0.05) is 18.0 Å². The van der Waals surface area contributed by atoms with Crippen LogP contribution in [0.2, 0.25) is 0 Å². The number of hydrogen-bond donors (Lipinski definition) is 1. The second kappa shape index (κ2) is 11.0. The van der Waals surface area contributed by atoms with E-state index >= 15 is 0 Å². The molecule has 0 fully saturated rings. The lowest BCUT2D eigenvalue weighted by molar-refractivity contribution is -0.145. The molecular formula is C26H30N2O6. The second-order valence-corrected chi connectivity index (χ2v) is 8.85. The molecule has 8 heteroatoms. The highest BCUT2D eigenvalue weighted by atomic mass is 16.6. The van der Waals surface area contributed by atoms with E-state index in [0.717, 1.165) is 10.9 Å². The van der Waals surface area contributed by atoms with Gasteiger partial charge in [0.15, 0.2) is 0 Å². The molecule has 3 aromatic rings. The molecule has 1 aromatic heterocycles. The first-order valence-corrected chi connectivity index (χ1v) is 11.0. The summed E-state index contributed by atoms with van der Waals surface area (Å²) in [5.74, 6) is -1.03. The van der Waals surface area contributed by atoms with Crippen LogP contribution in [0.1, 0.15) is 31.9 Å². The van der Waals surface area contributed by atoms with Crippen molar-refractivity contribution in [3.05, 3.63) is 71.9 Å². The number of rotatable bonds is 8. The van der Waals surface area contributed by atoms with Crippen LogP contribution in [-0.4, -0.2) is 47.9 Å². The number of esters is 1. The maximum atomic E-state index is 12.7. The molecule has 0 bridgehead atoms. The molecule has 1 heterocycles. The maximum Gasteiger partial charge on any atom is 0.419 e. The lowest BCUT2D eigenvalue weighted by atomic mass is 10.0. The SMILES string of the molecule is COC(=O)[C@@H](Cc1cn(C(=O)OC(C)(C)C)c2ccccc12)NC(=O)COCc1ccccc1. The van der Waals surface area contributed by atoms with E-state index in [1.54, 1.807) is 33.0 Å². The fourth-order valence-electron chi connectivity index (χ4n) is 3.50. The van der Waals surface area contributed by atoms with Gasteiger partial charge in [-0.1, -0.05) is 48.5 Å². The van der Waals surface area contributed by atoms with E-state index in [-0.39, 0.29) is 19.6 Å². The van der Waals surface area contributed by atoms with Crippen molar-refractivity contribution in [2.45, 2.75) is 45.4 Å². The van der Waals surface area contributed by atoms with Crippen molar-refractivity contribution < 1.29 is 28.6 Å². The molecule has 1 atom stereocenters. The molecule has 0 saturated heterocycles. The van der Waals surface area contributed by atoms with Gasteiger partial charge in [-0.2, -0.15) is 0 Å². The fourth-order valence-corrected chi connectivity index (χ4v) is 3.50. The lowest BCUT2D eigenvalue weighted by Crippen LogP contribution is -2.44. The first-order valence-electron chi connectivity index (χ1n) is 11.0. The van der Waals surface area contributed by atoms with Crippen molar-refractivity contribution in [3.63, 3.8) is 0 Å². The Morgan fingerprint density at radius 2 is 1.68 bits per heavy atom. The number of nitrogens with zero attached hydrogens (tertiary/aromatic N) is 1. The number of fused-ring (bicyclic) bond motifs is 1. The highest BCUT2D eigenvalue weighted by Crippen LogP contribution is 2.24. The van der Waals surface area contributed by atoms with Crippen molar-refractivity contribution in [1.82, 2.24) is 9.88 Å². The zero-order valence-corrected chi connectivity index (χ0v) is 19.9. The summed E-state index contributed by atoms with van der Waals surface area (Å²) in [6, 6.07) is 15.8. The molecule has 2 aromatic carbocycles. The predicted molar refractivity (Wildman–Crippen MR) is 127 cm³/mol.